The van der Waals surface area contributed by atoms with Crippen LogP contribution in [0.2, 0.25) is 0 Å². The van der Waals surface area contributed by atoms with E-state index in [9.17, 15) is 19.2 Å². The summed E-state index contributed by atoms with van der Waals surface area (Å²) in [7, 11) is 2.34. The van der Waals surface area contributed by atoms with Crippen molar-refractivity contribution in [3.63, 3.8) is 0 Å². The van der Waals surface area contributed by atoms with Crippen LogP contribution in [0.1, 0.15) is 12.8 Å². The Labute approximate surface area is 127 Å². The number of hydrogen-bond acceptors (Lipinski definition) is 6. The van der Waals surface area contributed by atoms with Crippen LogP contribution < -0.4 is 0 Å². The highest BCUT2D eigenvalue weighted by atomic mass is 16.5. The van der Waals surface area contributed by atoms with Crippen molar-refractivity contribution in [2.75, 3.05) is 14.2 Å². The van der Waals surface area contributed by atoms with Crippen LogP contribution in [0.4, 0.5) is 0 Å². The third-order valence-corrected chi connectivity index (χ3v) is 4.88. The van der Waals surface area contributed by atoms with Crippen LogP contribution in [0.15, 0.2) is 12.2 Å². The second kappa shape index (κ2) is 5.23. The molecule has 22 heavy (non-hydrogen) atoms. The number of carbonyl (C=O) groups excluding carboxylic acids is 4. The van der Waals surface area contributed by atoms with E-state index >= 15 is 0 Å². The van der Waals surface area contributed by atoms with Crippen molar-refractivity contribution in [2.45, 2.75) is 18.9 Å². The van der Waals surface area contributed by atoms with E-state index in [0.29, 0.717) is 0 Å². The Morgan fingerprint density at radius 1 is 1.14 bits per heavy atom. The SMILES string of the molecule is COC(=O)CC(C(=O)OC)N1C(=O)C2C3C=CC(C3)C2C1=O. The predicted molar refractivity (Wildman–Crippen MR) is 72.0 cm³/mol. The minimum atomic E-state index is -1.25. The fourth-order valence-corrected chi connectivity index (χ4v) is 3.89. The summed E-state index contributed by atoms with van der Waals surface area (Å²) >= 11 is 0. The highest BCUT2D eigenvalue weighted by molar-refractivity contribution is 6.09. The number of amides is 2. The third-order valence-electron chi connectivity index (χ3n) is 4.88. The number of ether oxygens (including phenoxy) is 2. The number of carbonyl (C=O) groups is 4. The van der Waals surface area contributed by atoms with Gasteiger partial charge in [0.05, 0.1) is 32.5 Å². The van der Waals surface area contributed by atoms with Gasteiger partial charge in [-0.3, -0.25) is 19.3 Å². The van der Waals surface area contributed by atoms with Crippen LogP contribution in [0, 0.1) is 23.7 Å². The second-order valence-corrected chi connectivity index (χ2v) is 5.87. The molecule has 7 nitrogen and oxygen atoms in total. The van der Waals surface area contributed by atoms with Crippen molar-refractivity contribution in [3.8, 4) is 0 Å². The molecule has 0 radical (unpaired) electrons. The van der Waals surface area contributed by atoms with Crippen LogP contribution in [-0.2, 0) is 28.7 Å². The molecule has 3 aliphatic rings. The average molecular weight is 307 g/mol. The molecule has 1 heterocycles. The molecule has 2 fully saturated rings. The molecule has 3 rings (SSSR count). The van der Waals surface area contributed by atoms with Gasteiger partial charge in [-0.25, -0.2) is 4.79 Å². The largest absolute Gasteiger partial charge is 0.469 e. The Balaban J connectivity index is 1.89. The molecule has 0 aromatic carbocycles. The molecule has 5 unspecified atom stereocenters. The number of esters is 2. The Morgan fingerprint density at radius 2 is 1.68 bits per heavy atom. The van der Waals surface area contributed by atoms with Gasteiger partial charge in [0.15, 0.2) is 0 Å². The second-order valence-electron chi connectivity index (χ2n) is 5.87. The van der Waals surface area contributed by atoms with Gasteiger partial charge in [-0.05, 0) is 18.3 Å². The van der Waals surface area contributed by atoms with Crippen LogP contribution >= 0.6 is 0 Å². The first kappa shape index (κ1) is 14.7. The van der Waals surface area contributed by atoms with Crippen LogP contribution in [0.25, 0.3) is 0 Å². The van der Waals surface area contributed by atoms with Crippen LogP contribution in [0.5, 0.6) is 0 Å². The molecular weight excluding hydrogens is 290 g/mol. The number of rotatable bonds is 4. The zero-order valence-electron chi connectivity index (χ0n) is 12.4. The smallest absolute Gasteiger partial charge is 0.329 e. The first-order valence-corrected chi connectivity index (χ1v) is 7.19. The lowest BCUT2D eigenvalue weighted by atomic mass is 9.85. The fraction of sp³-hybridized carbons (Fsp3) is 0.600. The summed E-state index contributed by atoms with van der Waals surface area (Å²) < 4.78 is 9.20. The lowest BCUT2D eigenvalue weighted by Gasteiger charge is -2.24. The molecule has 118 valence electrons. The number of fused-ring (bicyclic) bond motifs is 5. The Morgan fingerprint density at radius 3 is 2.14 bits per heavy atom. The zero-order valence-corrected chi connectivity index (χ0v) is 12.4. The first-order valence-electron chi connectivity index (χ1n) is 7.19. The van der Waals surface area contributed by atoms with Crippen molar-refractivity contribution in [3.05, 3.63) is 12.2 Å². The molecule has 0 spiro atoms. The van der Waals surface area contributed by atoms with Crippen molar-refractivity contribution < 1.29 is 28.7 Å². The van der Waals surface area contributed by atoms with Gasteiger partial charge in [0.25, 0.3) is 0 Å². The number of nitrogens with zero attached hydrogens (tertiary/aromatic N) is 1. The summed E-state index contributed by atoms with van der Waals surface area (Å²) in [6.45, 7) is 0. The minimum absolute atomic E-state index is 0.0490. The molecule has 7 heteroatoms. The maximum atomic E-state index is 12.6. The third kappa shape index (κ3) is 1.95. The van der Waals surface area contributed by atoms with Gasteiger partial charge in [0, 0.05) is 0 Å². The summed E-state index contributed by atoms with van der Waals surface area (Å²) in [4.78, 5) is 49.6. The van der Waals surface area contributed by atoms with Gasteiger partial charge in [-0.1, -0.05) is 12.2 Å². The van der Waals surface area contributed by atoms with Crippen molar-refractivity contribution in [1.82, 2.24) is 4.90 Å². The topological polar surface area (TPSA) is 90.0 Å². The van der Waals surface area contributed by atoms with E-state index in [0.717, 1.165) is 18.4 Å². The Bertz CT molecular complexity index is 553. The van der Waals surface area contributed by atoms with E-state index in [-0.39, 0.29) is 30.1 Å². The molecule has 1 saturated carbocycles. The van der Waals surface area contributed by atoms with E-state index < -0.39 is 29.8 Å². The zero-order chi connectivity index (χ0) is 16.0. The van der Waals surface area contributed by atoms with E-state index in [4.69, 9.17) is 0 Å². The molecule has 0 N–H and O–H groups in total. The summed E-state index contributed by atoms with van der Waals surface area (Å²) in [5.41, 5.74) is 0. The van der Waals surface area contributed by atoms with Crippen LogP contribution in [0.3, 0.4) is 0 Å². The first-order chi connectivity index (χ1) is 10.5. The normalized spacial score (nSPS) is 33.1. The number of allylic oxidation sites excluding steroid dienone is 2. The standard InChI is InChI=1S/C15H17NO6/c1-21-10(17)6-9(15(20)22-2)16-13(18)11-7-3-4-8(5-7)12(11)14(16)19/h3-4,7-9,11-12H,5-6H2,1-2H3. The molecule has 5 atom stereocenters. The van der Waals surface area contributed by atoms with Gasteiger partial charge in [0.1, 0.15) is 6.04 Å². The summed E-state index contributed by atoms with van der Waals surface area (Å²) in [6.07, 6.45) is 4.35. The molecule has 1 saturated heterocycles. The molecular formula is C15H17NO6. The van der Waals surface area contributed by atoms with Crippen LogP contribution in [-0.4, -0.2) is 48.9 Å². The molecule has 2 amide bonds. The predicted octanol–water partition coefficient (Wildman–Crippen LogP) is -0.102. The highest BCUT2D eigenvalue weighted by Crippen LogP contribution is 2.53. The summed E-state index contributed by atoms with van der Waals surface area (Å²) in [5.74, 6) is -2.95. The lowest BCUT2D eigenvalue weighted by molar-refractivity contribution is -0.160. The molecule has 0 aromatic heterocycles. The van der Waals surface area contributed by atoms with Gasteiger partial charge >= 0.3 is 11.9 Å². The van der Waals surface area contributed by atoms with Gasteiger partial charge in [-0.15, -0.1) is 0 Å². The van der Waals surface area contributed by atoms with Crippen molar-refractivity contribution >= 4 is 23.8 Å². The van der Waals surface area contributed by atoms with Gasteiger partial charge in [-0.2, -0.15) is 0 Å². The highest BCUT2D eigenvalue weighted by Gasteiger charge is 2.61. The Kier molecular flexibility index (Phi) is 3.50. The van der Waals surface area contributed by atoms with E-state index in [1.165, 1.54) is 7.11 Å². The summed E-state index contributed by atoms with van der Waals surface area (Å²) in [5, 5.41) is 0. The monoisotopic (exact) mass is 307 g/mol. The molecule has 2 aliphatic carbocycles. The maximum Gasteiger partial charge on any atom is 0.329 e. The number of imide groups is 1. The van der Waals surface area contributed by atoms with Gasteiger partial charge < -0.3 is 9.47 Å². The summed E-state index contributed by atoms with van der Waals surface area (Å²) in [6, 6.07) is -1.25. The number of methoxy groups -OCH3 is 2. The average Bonchev–Trinajstić information content (AvgIpc) is 3.19. The van der Waals surface area contributed by atoms with E-state index in [1.54, 1.807) is 0 Å². The lowest BCUT2D eigenvalue weighted by Crippen LogP contribution is -2.48. The quantitative estimate of drug-likeness (QED) is 0.409. The van der Waals surface area contributed by atoms with Crippen molar-refractivity contribution in [1.29, 1.82) is 0 Å². The van der Waals surface area contributed by atoms with Gasteiger partial charge in [0.2, 0.25) is 11.8 Å². The minimum Gasteiger partial charge on any atom is -0.469 e. The van der Waals surface area contributed by atoms with E-state index in [2.05, 4.69) is 9.47 Å². The molecule has 0 aromatic rings. The maximum absolute atomic E-state index is 12.6. The van der Waals surface area contributed by atoms with E-state index in [1.807, 2.05) is 12.2 Å². The number of likely N-dealkylation sites (tertiary alicyclic amines) is 1. The number of hydrogen-bond donors (Lipinski definition) is 0. The molecule has 1 aliphatic heterocycles. The molecule has 2 bridgehead atoms. The van der Waals surface area contributed by atoms with Crippen molar-refractivity contribution in [2.24, 2.45) is 23.7 Å². The Hall–Kier alpha value is -2.18. The fourth-order valence-electron chi connectivity index (χ4n) is 3.89.